The summed E-state index contributed by atoms with van der Waals surface area (Å²) in [6.45, 7) is 4.30. The maximum Gasteiger partial charge on any atom is 0.317 e. The molecule has 0 saturated heterocycles. The van der Waals surface area contributed by atoms with E-state index in [1.54, 1.807) is 0 Å². The number of fused-ring (bicyclic) bond motifs is 1. The third kappa shape index (κ3) is 6.65. The smallest absolute Gasteiger partial charge is 0.317 e. The zero-order valence-corrected chi connectivity index (χ0v) is 16.8. The highest BCUT2D eigenvalue weighted by Crippen LogP contribution is 2.30. The molecule has 0 aliphatic heterocycles. The van der Waals surface area contributed by atoms with E-state index in [2.05, 4.69) is 41.1 Å². The van der Waals surface area contributed by atoms with Crippen molar-refractivity contribution in [2.24, 2.45) is 5.73 Å². The van der Waals surface area contributed by atoms with Gasteiger partial charge in [0.15, 0.2) is 0 Å². The summed E-state index contributed by atoms with van der Waals surface area (Å²) in [5.41, 5.74) is 7.09. The molecular formula is C21H30N2O3S. The Morgan fingerprint density at radius 3 is 2.70 bits per heavy atom. The van der Waals surface area contributed by atoms with Crippen molar-refractivity contribution in [1.82, 2.24) is 4.90 Å². The Labute approximate surface area is 165 Å². The third-order valence-corrected chi connectivity index (χ3v) is 5.79. The minimum Gasteiger partial charge on any atom is -0.508 e. The summed E-state index contributed by atoms with van der Waals surface area (Å²) in [5, 5.41) is 19.8. The molecule has 0 radical (unpaired) electrons. The average Bonchev–Trinajstić information content (AvgIpc) is 3.19. The van der Waals surface area contributed by atoms with Gasteiger partial charge in [-0.25, -0.2) is 0 Å². The van der Waals surface area contributed by atoms with Gasteiger partial charge in [-0.1, -0.05) is 25.1 Å². The summed E-state index contributed by atoms with van der Waals surface area (Å²) in [6.07, 6.45) is 5.60. The predicted molar refractivity (Wildman–Crippen MR) is 110 cm³/mol. The van der Waals surface area contributed by atoms with Gasteiger partial charge in [0.2, 0.25) is 0 Å². The summed E-state index contributed by atoms with van der Waals surface area (Å²) in [6, 6.07) is 11.0. The largest absolute Gasteiger partial charge is 0.508 e. The SMILES string of the molecule is CCCN(CCc1cccs1)[C@H]1CCc2c(O)cccc2C1.NCC(=O)O. The molecule has 0 bridgehead atoms. The molecule has 3 rings (SSSR count). The average molecular weight is 391 g/mol. The fourth-order valence-electron chi connectivity index (χ4n) is 3.55. The number of hydrogen-bond acceptors (Lipinski definition) is 5. The van der Waals surface area contributed by atoms with Crippen molar-refractivity contribution in [1.29, 1.82) is 0 Å². The molecule has 0 unspecified atom stereocenters. The van der Waals surface area contributed by atoms with E-state index in [-0.39, 0.29) is 6.54 Å². The first kappa shape index (κ1) is 21.4. The maximum absolute atomic E-state index is 10.0. The lowest BCUT2D eigenvalue weighted by molar-refractivity contribution is -0.135. The topological polar surface area (TPSA) is 86.8 Å². The van der Waals surface area contributed by atoms with Gasteiger partial charge in [-0.2, -0.15) is 0 Å². The van der Waals surface area contributed by atoms with Gasteiger partial charge in [0, 0.05) is 17.5 Å². The molecule has 1 atom stereocenters. The van der Waals surface area contributed by atoms with Gasteiger partial charge in [0.25, 0.3) is 0 Å². The van der Waals surface area contributed by atoms with Crippen LogP contribution >= 0.6 is 11.3 Å². The number of aromatic hydroxyl groups is 1. The lowest BCUT2D eigenvalue weighted by Gasteiger charge is -2.35. The number of nitrogens with zero attached hydrogens (tertiary/aromatic N) is 1. The second-order valence-corrected chi connectivity index (χ2v) is 7.81. The van der Waals surface area contributed by atoms with Crippen LogP contribution in [0.3, 0.4) is 0 Å². The molecule has 5 nitrogen and oxygen atoms in total. The van der Waals surface area contributed by atoms with E-state index in [4.69, 9.17) is 5.11 Å². The number of aliphatic carboxylic acids is 1. The Bertz CT molecular complexity index is 703. The number of thiophene rings is 1. The zero-order valence-electron chi connectivity index (χ0n) is 15.9. The van der Waals surface area contributed by atoms with Crippen molar-refractivity contribution < 1.29 is 15.0 Å². The van der Waals surface area contributed by atoms with Gasteiger partial charge in [-0.3, -0.25) is 9.69 Å². The Kier molecular flexibility index (Phi) is 8.78. The second kappa shape index (κ2) is 11.1. The maximum atomic E-state index is 10.0. The van der Waals surface area contributed by atoms with Gasteiger partial charge >= 0.3 is 5.97 Å². The quantitative estimate of drug-likeness (QED) is 0.675. The Morgan fingerprint density at radius 2 is 2.07 bits per heavy atom. The molecule has 1 aliphatic carbocycles. The van der Waals surface area contributed by atoms with Crippen LogP contribution in [0.1, 0.15) is 35.8 Å². The van der Waals surface area contributed by atoms with E-state index < -0.39 is 5.97 Å². The predicted octanol–water partition coefficient (Wildman–Crippen LogP) is 3.30. The molecule has 2 aromatic rings. The summed E-state index contributed by atoms with van der Waals surface area (Å²) >= 11 is 1.86. The van der Waals surface area contributed by atoms with Crippen molar-refractivity contribution >= 4 is 17.3 Å². The first-order chi connectivity index (χ1) is 13.0. The lowest BCUT2D eigenvalue weighted by atomic mass is 9.86. The number of carboxylic acid groups (broad SMARTS) is 1. The Hall–Kier alpha value is -1.89. The van der Waals surface area contributed by atoms with E-state index in [1.165, 1.54) is 29.0 Å². The van der Waals surface area contributed by atoms with Gasteiger partial charge in [0.05, 0.1) is 6.54 Å². The number of nitrogens with two attached hydrogens (primary N) is 1. The second-order valence-electron chi connectivity index (χ2n) is 6.77. The summed E-state index contributed by atoms with van der Waals surface area (Å²) < 4.78 is 0. The van der Waals surface area contributed by atoms with E-state index >= 15 is 0 Å². The molecule has 0 spiro atoms. The van der Waals surface area contributed by atoms with Crippen molar-refractivity contribution in [3.05, 3.63) is 51.7 Å². The molecular weight excluding hydrogens is 360 g/mol. The number of carboxylic acids is 1. The van der Waals surface area contributed by atoms with Crippen LogP contribution in [-0.4, -0.2) is 46.8 Å². The van der Waals surface area contributed by atoms with Crippen molar-refractivity contribution in [3.8, 4) is 5.75 Å². The van der Waals surface area contributed by atoms with E-state index in [9.17, 15) is 9.90 Å². The molecule has 1 aromatic heterocycles. The van der Waals surface area contributed by atoms with Crippen LogP contribution in [0, 0.1) is 0 Å². The number of hydrogen-bond donors (Lipinski definition) is 3. The molecule has 1 heterocycles. The fourth-order valence-corrected chi connectivity index (χ4v) is 4.25. The minimum atomic E-state index is -0.968. The van der Waals surface area contributed by atoms with Gasteiger partial charge < -0.3 is 15.9 Å². The van der Waals surface area contributed by atoms with E-state index in [0.717, 1.165) is 32.2 Å². The lowest BCUT2D eigenvalue weighted by Crippen LogP contribution is -2.41. The summed E-state index contributed by atoms with van der Waals surface area (Å²) in [4.78, 5) is 13.4. The van der Waals surface area contributed by atoms with Crippen LogP contribution in [0.5, 0.6) is 5.75 Å². The van der Waals surface area contributed by atoms with Crippen LogP contribution in [0.4, 0.5) is 0 Å². The molecule has 1 aromatic carbocycles. The standard InChI is InChI=1S/C19H25NOS.C2H5NO2/c1-2-11-20(12-10-17-6-4-13-22-17)16-8-9-18-15(14-16)5-3-7-19(18)21;3-1-2(4)5/h3-7,13,16,21H,2,8-12,14H2,1H3;1,3H2,(H,4,5)/t16-;/m0./s1. The van der Waals surface area contributed by atoms with Crippen molar-refractivity contribution in [2.75, 3.05) is 19.6 Å². The number of phenols is 1. The van der Waals surface area contributed by atoms with Crippen LogP contribution in [0.2, 0.25) is 0 Å². The minimum absolute atomic E-state index is 0.278. The number of phenolic OH excluding ortho intramolecular Hbond substituents is 1. The van der Waals surface area contributed by atoms with Crippen LogP contribution in [0.25, 0.3) is 0 Å². The number of rotatable bonds is 7. The normalized spacial score (nSPS) is 15.7. The zero-order chi connectivity index (χ0) is 19.6. The number of carbonyl (C=O) groups is 1. The van der Waals surface area contributed by atoms with Crippen molar-refractivity contribution in [3.63, 3.8) is 0 Å². The summed E-state index contributed by atoms with van der Waals surface area (Å²) in [7, 11) is 0. The van der Waals surface area contributed by atoms with Gasteiger partial charge in [-0.05, 0) is 67.3 Å². The molecule has 1 aliphatic rings. The monoisotopic (exact) mass is 390 g/mol. The highest BCUT2D eigenvalue weighted by Gasteiger charge is 2.25. The molecule has 0 fully saturated rings. The molecule has 0 saturated carbocycles. The van der Waals surface area contributed by atoms with Crippen LogP contribution in [-0.2, 0) is 24.1 Å². The Balaban J connectivity index is 0.000000465. The highest BCUT2D eigenvalue weighted by molar-refractivity contribution is 7.09. The van der Waals surface area contributed by atoms with E-state index in [0.29, 0.717) is 11.8 Å². The van der Waals surface area contributed by atoms with Gasteiger partial charge in [-0.15, -0.1) is 11.3 Å². The molecule has 0 amide bonds. The molecule has 148 valence electrons. The Morgan fingerprint density at radius 1 is 1.30 bits per heavy atom. The molecule has 4 N–H and O–H groups in total. The molecule has 27 heavy (non-hydrogen) atoms. The fraction of sp³-hybridized carbons (Fsp3) is 0.476. The van der Waals surface area contributed by atoms with Crippen molar-refractivity contribution in [2.45, 2.75) is 45.1 Å². The van der Waals surface area contributed by atoms with E-state index in [1.807, 2.05) is 23.5 Å². The van der Waals surface area contributed by atoms with Crippen LogP contribution in [0.15, 0.2) is 35.7 Å². The van der Waals surface area contributed by atoms with Gasteiger partial charge in [0.1, 0.15) is 5.75 Å². The van der Waals surface area contributed by atoms with Crippen LogP contribution < -0.4 is 5.73 Å². The highest BCUT2D eigenvalue weighted by atomic mass is 32.1. The first-order valence-corrected chi connectivity index (χ1v) is 10.4. The summed E-state index contributed by atoms with van der Waals surface area (Å²) in [5.74, 6) is -0.485. The molecule has 6 heteroatoms. The number of benzene rings is 1. The first-order valence-electron chi connectivity index (χ1n) is 9.53. The third-order valence-electron chi connectivity index (χ3n) is 4.86.